The average Bonchev–Trinajstić information content (AvgIpc) is 2.32. The van der Waals surface area contributed by atoms with E-state index < -0.39 is 4.92 Å². The van der Waals surface area contributed by atoms with Gasteiger partial charge in [0.1, 0.15) is 11.4 Å². The summed E-state index contributed by atoms with van der Waals surface area (Å²) in [6, 6.07) is 4.50. The van der Waals surface area contributed by atoms with E-state index in [1.165, 1.54) is 12.1 Å². The molecular formula is C11H14N2O3S. The minimum atomic E-state index is -0.473. The second-order valence-electron chi connectivity index (χ2n) is 3.99. The number of hydrogen-bond donors (Lipinski definition) is 2. The van der Waals surface area contributed by atoms with Gasteiger partial charge in [-0.3, -0.25) is 10.1 Å². The van der Waals surface area contributed by atoms with Crippen molar-refractivity contribution in [3.05, 3.63) is 28.3 Å². The van der Waals surface area contributed by atoms with E-state index in [2.05, 4.69) is 5.32 Å². The Bertz CT molecular complexity index is 419. The molecule has 0 bridgehead atoms. The lowest BCUT2D eigenvalue weighted by Gasteiger charge is -2.23. The summed E-state index contributed by atoms with van der Waals surface area (Å²) >= 11 is 1.91. The molecule has 0 atom stereocenters. The van der Waals surface area contributed by atoms with Gasteiger partial charge in [-0.15, -0.1) is 0 Å². The van der Waals surface area contributed by atoms with Gasteiger partial charge in [-0.05, 0) is 36.5 Å². The summed E-state index contributed by atoms with van der Waals surface area (Å²) in [6.45, 7) is 0. The molecule has 0 spiro atoms. The third-order valence-corrected chi connectivity index (χ3v) is 3.81. The van der Waals surface area contributed by atoms with E-state index in [0.717, 1.165) is 24.3 Å². The van der Waals surface area contributed by atoms with Gasteiger partial charge in [-0.25, -0.2) is 0 Å². The van der Waals surface area contributed by atoms with Crippen molar-refractivity contribution < 1.29 is 10.0 Å². The molecule has 1 saturated heterocycles. The van der Waals surface area contributed by atoms with Gasteiger partial charge in [-0.1, -0.05) is 0 Å². The first-order valence-corrected chi connectivity index (χ1v) is 6.64. The molecule has 1 heterocycles. The SMILES string of the molecule is O=[N+]([O-])c1cc(O)ccc1NC1CCSCC1. The van der Waals surface area contributed by atoms with Gasteiger partial charge in [0, 0.05) is 6.04 Å². The molecule has 1 fully saturated rings. The first-order valence-electron chi connectivity index (χ1n) is 5.48. The molecular weight excluding hydrogens is 240 g/mol. The molecule has 0 radical (unpaired) electrons. The van der Waals surface area contributed by atoms with E-state index in [1.807, 2.05) is 11.8 Å². The quantitative estimate of drug-likeness (QED) is 0.492. The third-order valence-electron chi connectivity index (χ3n) is 2.76. The van der Waals surface area contributed by atoms with Crippen LogP contribution in [0.15, 0.2) is 18.2 Å². The predicted octanol–water partition coefficient (Wildman–Crippen LogP) is 2.61. The van der Waals surface area contributed by atoms with Crippen LogP contribution < -0.4 is 5.32 Å². The molecule has 0 saturated carbocycles. The number of rotatable bonds is 3. The molecule has 2 rings (SSSR count). The second kappa shape index (κ2) is 5.27. The van der Waals surface area contributed by atoms with Gasteiger partial charge in [-0.2, -0.15) is 11.8 Å². The summed E-state index contributed by atoms with van der Waals surface area (Å²) in [4.78, 5) is 10.4. The van der Waals surface area contributed by atoms with Crippen molar-refractivity contribution in [2.45, 2.75) is 18.9 Å². The molecule has 1 aliphatic heterocycles. The average molecular weight is 254 g/mol. The number of nitrogens with zero attached hydrogens (tertiary/aromatic N) is 1. The van der Waals surface area contributed by atoms with E-state index in [4.69, 9.17) is 0 Å². The fourth-order valence-corrected chi connectivity index (χ4v) is 2.96. The maximum Gasteiger partial charge on any atom is 0.296 e. The van der Waals surface area contributed by atoms with Gasteiger partial charge in [0.25, 0.3) is 5.69 Å². The van der Waals surface area contributed by atoms with E-state index in [9.17, 15) is 15.2 Å². The Morgan fingerprint density at radius 1 is 1.41 bits per heavy atom. The number of anilines is 1. The molecule has 0 amide bonds. The standard InChI is InChI=1S/C11H14N2O3S/c14-9-1-2-10(11(7-9)13(15)16)12-8-3-5-17-6-4-8/h1-2,7-8,12,14H,3-6H2. The molecule has 6 heteroatoms. The van der Waals surface area contributed by atoms with E-state index in [1.54, 1.807) is 6.07 Å². The van der Waals surface area contributed by atoms with Gasteiger partial charge >= 0.3 is 0 Å². The zero-order valence-corrected chi connectivity index (χ0v) is 10.1. The minimum Gasteiger partial charge on any atom is -0.508 e. The maximum absolute atomic E-state index is 10.9. The van der Waals surface area contributed by atoms with Crippen molar-refractivity contribution in [3.8, 4) is 5.75 Å². The zero-order valence-electron chi connectivity index (χ0n) is 9.26. The van der Waals surface area contributed by atoms with Crippen LogP contribution in [0, 0.1) is 10.1 Å². The Balaban J connectivity index is 2.16. The van der Waals surface area contributed by atoms with Crippen molar-refractivity contribution in [2.75, 3.05) is 16.8 Å². The highest BCUT2D eigenvalue weighted by atomic mass is 32.2. The van der Waals surface area contributed by atoms with Crippen molar-refractivity contribution in [1.29, 1.82) is 0 Å². The van der Waals surface area contributed by atoms with Crippen LogP contribution in [-0.2, 0) is 0 Å². The van der Waals surface area contributed by atoms with Crippen LogP contribution in [0.1, 0.15) is 12.8 Å². The van der Waals surface area contributed by atoms with E-state index in [0.29, 0.717) is 11.7 Å². The summed E-state index contributed by atoms with van der Waals surface area (Å²) in [5, 5.41) is 23.3. The number of nitrogens with one attached hydrogen (secondary N) is 1. The van der Waals surface area contributed by atoms with Gasteiger partial charge < -0.3 is 10.4 Å². The zero-order chi connectivity index (χ0) is 12.3. The first kappa shape index (κ1) is 12.0. The first-order chi connectivity index (χ1) is 8.16. The molecule has 0 aromatic heterocycles. The summed E-state index contributed by atoms with van der Waals surface area (Å²) in [5.74, 6) is 2.09. The number of phenolic OH excluding ortho intramolecular Hbond substituents is 1. The lowest BCUT2D eigenvalue weighted by molar-refractivity contribution is -0.384. The molecule has 5 nitrogen and oxygen atoms in total. The van der Waals surface area contributed by atoms with Crippen LogP contribution >= 0.6 is 11.8 Å². The number of nitro groups is 1. The monoisotopic (exact) mass is 254 g/mol. The van der Waals surface area contributed by atoms with Crippen LogP contribution in [0.5, 0.6) is 5.75 Å². The number of benzene rings is 1. The smallest absolute Gasteiger partial charge is 0.296 e. The van der Waals surface area contributed by atoms with Crippen molar-refractivity contribution in [2.24, 2.45) is 0 Å². The van der Waals surface area contributed by atoms with Crippen LogP contribution in [0.25, 0.3) is 0 Å². The fourth-order valence-electron chi connectivity index (χ4n) is 1.85. The Labute approximate surface area is 103 Å². The van der Waals surface area contributed by atoms with Crippen molar-refractivity contribution in [1.82, 2.24) is 0 Å². The van der Waals surface area contributed by atoms with Crippen LogP contribution in [0.2, 0.25) is 0 Å². The molecule has 0 aliphatic carbocycles. The lowest BCUT2D eigenvalue weighted by Crippen LogP contribution is -2.24. The molecule has 1 aromatic rings. The van der Waals surface area contributed by atoms with Gasteiger partial charge in [0.2, 0.25) is 0 Å². The summed E-state index contributed by atoms with van der Waals surface area (Å²) in [5.41, 5.74) is 0.424. The maximum atomic E-state index is 10.9. The Morgan fingerprint density at radius 3 is 2.76 bits per heavy atom. The van der Waals surface area contributed by atoms with Gasteiger partial charge in [0.15, 0.2) is 0 Å². The topological polar surface area (TPSA) is 75.4 Å². The normalized spacial score (nSPS) is 16.7. The van der Waals surface area contributed by atoms with Crippen LogP contribution in [-0.4, -0.2) is 27.6 Å². The third kappa shape index (κ3) is 3.03. The van der Waals surface area contributed by atoms with Crippen molar-refractivity contribution in [3.63, 3.8) is 0 Å². The predicted molar refractivity (Wildman–Crippen MR) is 68.7 cm³/mol. The fraction of sp³-hybridized carbons (Fsp3) is 0.455. The molecule has 92 valence electrons. The molecule has 17 heavy (non-hydrogen) atoms. The van der Waals surface area contributed by atoms with Gasteiger partial charge in [0.05, 0.1) is 11.0 Å². The number of nitro benzene ring substituents is 1. The minimum absolute atomic E-state index is 0.0665. The number of thioether (sulfide) groups is 1. The second-order valence-corrected chi connectivity index (χ2v) is 5.21. The number of aromatic hydroxyl groups is 1. The van der Waals surface area contributed by atoms with E-state index >= 15 is 0 Å². The summed E-state index contributed by atoms with van der Waals surface area (Å²) < 4.78 is 0. The highest BCUT2D eigenvalue weighted by Crippen LogP contribution is 2.30. The summed E-state index contributed by atoms with van der Waals surface area (Å²) in [7, 11) is 0. The highest BCUT2D eigenvalue weighted by molar-refractivity contribution is 7.99. The number of hydrogen-bond acceptors (Lipinski definition) is 5. The molecule has 1 aliphatic rings. The van der Waals surface area contributed by atoms with E-state index in [-0.39, 0.29) is 11.4 Å². The van der Waals surface area contributed by atoms with Crippen LogP contribution in [0.4, 0.5) is 11.4 Å². The highest BCUT2D eigenvalue weighted by Gasteiger charge is 2.19. The number of phenols is 1. The summed E-state index contributed by atoms with van der Waals surface area (Å²) in [6.07, 6.45) is 2.03. The lowest BCUT2D eigenvalue weighted by atomic mass is 10.1. The molecule has 0 unspecified atom stereocenters. The Kier molecular flexibility index (Phi) is 3.73. The Morgan fingerprint density at radius 2 is 2.12 bits per heavy atom. The molecule has 2 N–H and O–H groups in total. The van der Waals surface area contributed by atoms with Crippen LogP contribution in [0.3, 0.4) is 0 Å². The largest absolute Gasteiger partial charge is 0.508 e. The Hall–Kier alpha value is -1.43. The molecule has 1 aromatic carbocycles. The van der Waals surface area contributed by atoms with Crippen molar-refractivity contribution >= 4 is 23.1 Å².